The number of rotatable bonds is 3. The van der Waals surface area contributed by atoms with Crippen LogP contribution in [0.1, 0.15) is 45.4 Å². The molecule has 1 rings (SSSR count). The van der Waals surface area contributed by atoms with Crippen molar-refractivity contribution in [2.45, 2.75) is 57.0 Å². The molecule has 0 aromatic carbocycles. The second kappa shape index (κ2) is 4.95. The molecule has 0 spiro atoms. The van der Waals surface area contributed by atoms with Gasteiger partial charge in [-0.3, -0.25) is 0 Å². The lowest BCUT2D eigenvalue weighted by Crippen LogP contribution is -2.07. The summed E-state index contributed by atoms with van der Waals surface area (Å²) in [4.78, 5) is 0. The molecule has 1 aliphatic rings. The fourth-order valence-corrected chi connectivity index (χ4v) is 3.52. The van der Waals surface area contributed by atoms with Gasteiger partial charge in [0.1, 0.15) is 0 Å². The van der Waals surface area contributed by atoms with E-state index in [2.05, 4.69) is 6.92 Å². The van der Waals surface area contributed by atoms with Gasteiger partial charge in [-0.25, -0.2) is 0 Å². The first-order chi connectivity index (χ1) is 4.93. The third kappa shape index (κ3) is 2.87. The van der Waals surface area contributed by atoms with Crippen molar-refractivity contribution in [2.24, 2.45) is 0 Å². The summed E-state index contributed by atoms with van der Waals surface area (Å²) < 4.78 is 0. The summed E-state index contributed by atoms with van der Waals surface area (Å²) in [5.74, 6) is 0. The van der Waals surface area contributed by atoms with E-state index in [1.807, 2.05) is 0 Å². The lowest BCUT2D eigenvalue weighted by atomic mass is 10.0. The van der Waals surface area contributed by atoms with Gasteiger partial charge >= 0.3 is 0 Å². The molecule has 0 aromatic heterocycles. The van der Waals surface area contributed by atoms with Crippen molar-refractivity contribution in [1.29, 1.82) is 0 Å². The van der Waals surface area contributed by atoms with Crippen molar-refractivity contribution in [3.8, 4) is 0 Å². The molecule has 1 radical (unpaired) electrons. The first-order valence-corrected chi connectivity index (χ1v) is 6.25. The topological polar surface area (TPSA) is 0 Å². The fraction of sp³-hybridized carbons (Fsp3) is 1.00. The first kappa shape index (κ1) is 8.31. The van der Waals surface area contributed by atoms with Crippen LogP contribution in [0.15, 0.2) is 0 Å². The molecule has 0 bridgehead atoms. The minimum absolute atomic E-state index is 0.823. The average Bonchev–Trinajstić information content (AvgIpc) is 2.03. The Kier molecular flexibility index (Phi) is 4.11. The van der Waals surface area contributed by atoms with E-state index in [0.29, 0.717) is 0 Å². The third-order valence-corrected chi connectivity index (χ3v) is 4.68. The van der Waals surface area contributed by atoms with Crippen molar-refractivity contribution in [2.75, 3.05) is 0 Å². The molecule has 1 fully saturated rings. The Bertz CT molecular complexity index is 74.8. The Hall–Kier alpha value is 0.217. The van der Waals surface area contributed by atoms with Crippen molar-refractivity contribution >= 4 is 9.52 Å². The molecule has 0 aromatic rings. The average molecular weight is 155 g/mol. The van der Waals surface area contributed by atoms with Gasteiger partial charge in [0.05, 0.1) is 0 Å². The maximum Gasteiger partial charge on any atom is 0.0314 e. The fourth-order valence-electron chi connectivity index (χ4n) is 1.77. The van der Waals surface area contributed by atoms with Gasteiger partial charge in [0.2, 0.25) is 0 Å². The zero-order valence-electron chi connectivity index (χ0n) is 7.10. The smallest absolute Gasteiger partial charge is 0.0314 e. The molecule has 0 amide bonds. The van der Waals surface area contributed by atoms with Crippen molar-refractivity contribution in [1.82, 2.24) is 0 Å². The maximum atomic E-state index is 2.32. The van der Waals surface area contributed by atoms with Gasteiger partial charge in [0.25, 0.3) is 0 Å². The molecule has 1 heteroatoms. The molecule has 0 unspecified atom stereocenters. The van der Waals surface area contributed by atoms with Crippen LogP contribution >= 0.6 is 0 Å². The minimum Gasteiger partial charge on any atom is -0.0657 e. The number of hydrogen-bond donors (Lipinski definition) is 0. The molecule has 0 saturated heterocycles. The molecule has 1 aliphatic carbocycles. The van der Waals surface area contributed by atoms with E-state index >= 15 is 0 Å². The molecule has 10 heavy (non-hydrogen) atoms. The van der Waals surface area contributed by atoms with E-state index < -0.39 is 0 Å². The molecular weight excluding hydrogens is 136 g/mol. The second-order valence-corrected chi connectivity index (χ2v) is 5.41. The molecule has 0 heterocycles. The van der Waals surface area contributed by atoms with Gasteiger partial charge < -0.3 is 0 Å². The summed E-state index contributed by atoms with van der Waals surface area (Å²) in [6.07, 6.45) is 9.13. The van der Waals surface area contributed by atoms with Crippen molar-refractivity contribution < 1.29 is 0 Å². The van der Waals surface area contributed by atoms with Crippen LogP contribution in [0.5, 0.6) is 0 Å². The second-order valence-electron chi connectivity index (χ2n) is 3.42. The molecule has 1 saturated carbocycles. The van der Waals surface area contributed by atoms with Crippen LogP contribution in [0.25, 0.3) is 0 Å². The zero-order valence-corrected chi connectivity index (χ0v) is 8.26. The summed E-state index contributed by atoms with van der Waals surface area (Å²) in [5, 5.41) is 0. The number of hydrogen-bond acceptors (Lipinski definition) is 0. The van der Waals surface area contributed by atoms with E-state index in [0.717, 1.165) is 9.52 Å². The lowest BCUT2D eigenvalue weighted by molar-refractivity contribution is 0.499. The Morgan fingerprint density at radius 2 is 1.90 bits per heavy atom. The molecule has 0 atom stereocenters. The van der Waals surface area contributed by atoms with Gasteiger partial charge in [-0.2, -0.15) is 0 Å². The van der Waals surface area contributed by atoms with E-state index in [1.165, 1.54) is 31.2 Å². The van der Waals surface area contributed by atoms with Crippen LogP contribution in [0.2, 0.25) is 11.6 Å². The Labute approximate surface area is 67.2 Å². The highest BCUT2D eigenvalue weighted by molar-refractivity contribution is 6.37. The van der Waals surface area contributed by atoms with Crippen LogP contribution < -0.4 is 0 Å². The maximum absolute atomic E-state index is 2.32. The van der Waals surface area contributed by atoms with Crippen molar-refractivity contribution in [3.05, 3.63) is 0 Å². The zero-order chi connectivity index (χ0) is 7.23. The van der Waals surface area contributed by atoms with Crippen LogP contribution in [-0.2, 0) is 0 Å². The van der Waals surface area contributed by atoms with Gasteiger partial charge in [-0.15, -0.1) is 0 Å². The normalized spacial score (nSPS) is 21.3. The quantitative estimate of drug-likeness (QED) is 0.550. The molecule has 0 N–H and O–H groups in total. The van der Waals surface area contributed by atoms with Crippen LogP contribution in [-0.4, -0.2) is 9.52 Å². The van der Waals surface area contributed by atoms with Gasteiger partial charge in [0.15, 0.2) is 0 Å². The monoisotopic (exact) mass is 155 g/mol. The van der Waals surface area contributed by atoms with Crippen molar-refractivity contribution in [3.63, 3.8) is 0 Å². The first-order valence-electron chi connectivity index (χ1n) is 4.77. The Morgan fingerprint density at radius 1 is 1.20 bits per heavy atom. The summed E-state index contributed by atoms with van der Waals surface area (Å²) in [5.41, 5.74) is 1.19. The summed E-state index contributed by atoms with van der Waals surface area (Å²) in [7, 11) is 0.823. The molecule has 0 aliphatic heterocycles. The van der Waals surface area contributed by atoms with E-state index in [9.17, 15) is 0 Å². The third-order valence-electron chi connectivity index (χ3n) is 2.44. The lowest BCUT2D eigenvalue weighted by Gasteiger charge is -2.20. The highest BCUT2D eigenvalue weighted by Gasteiger charge is 2.12. The summed E-state index contributed by atoms with van der Waals surface area (Å²) >= 11 is 0. The predicted octanol–water partition coefficient (Wildman–Crippen LogP) is 3.00. The molecule has 59 valence electrons. The molecular formula is C9H19Si. The van der Waals surface area contributed by atoms with Crippen LogP contribution in [0.3, 0.4) is 0 Å². The van der Waals surface area contributed by atoms with Gasteiger partial charge in [-0.1, -0.05) is 57.0 Å². The highest BCUT2D eigenvalue weighted by Crippen LogP contribution is 2.28. The molecule has 0 nitrogen and oxygen atoms in total. The summed E-state index contributed by atoms with van der Waals surface area (Å²) in [6.45, 7) is 2.32. The predicted molar refractivity (Wildman–Crippen MR) is 49.1 cm³/mol. The van der Waals surface area contributed by atoms with E-state index in [-0.39, 0.29) is 0 Å². The standard InChI is InChI=1S/C9H19Si/c1-2-8-10-9-6-4-3-5-7-9/h9-10H,2-8H2,1H3. The minimum atomic E-state index is 0.823. The van der Waals surface area contributed by atoms with Crippen LogP contribution in [0, 0.1) is 0 Å². The SMILES string of the molecule is CCC[SiH]C1CCCCC1. The van der Waals surface area contributed by atoms with E-state index in [4.69, 9.17) is 0 Å². The Balaban J connectivity index is 2.02. The van der Waals surface area contributed by atoms with Crippen LogP contribution in [0.4, 0.5) is 0 Å². The van der Waals surface area contributed by atoms with E-state index in [1.54, 1.807) is 18.9 Å². The van der Waals surface area contributed by atoms with Gasteiger partial charge in [-0.05, 0) is 0 Å². The van der Waals surface area contributed by atoms with Gasteiger partial charge in [0, 0.05) is 9.52 Å². The largest absolute Gasteiger partial charge is 0.0657 e. The Morgan fingerprint density at radius 3 is 2.50 bits per heavy atom. The highest BCUT2D eigenvalue weighted by atomic mass is 28.2. The summed E-state index contributed by atoms with van der Waals surface area (Å²) in [6, 6.07) is 1.55.